The first-order valence-electron chi connectivity index (χ1n) is 6.25. The van der Waals surface area contributed by atoms with Gasteiger partial charge in [0.05, 0.1) is 4.92 Å². The van der Waals surface area contributed by atoms with Crippen LogP contribution in [0.1, 0.15) is 21.5 Å². The molecule has 0 aliphatic carbocycles. The van der Waals surface area contributed by atoms with E-state index in [4.69, 9.17) is 0 Å². The van der Waals surface area contributed by atoms with Gasteiger partial charge < -0.3 is 5.32 Å². The first kappa shape index (κ1) is 14.6. The number of nitro groups is 1. The molecule has 108 valence electrons. The van der Waals surface area contributed by atoms with Crippen molar-refractivity contribution in [1.82, 2.24) is 5.32 Å². The summed E-state index contributed by atoms with van der Waals surface area (Å²) >= 11 is 0. The minimum Gasteiger partial charge on any atom is -0.348 e. The largest absolute Gasteiger partial charge is 0.348 e. The molecular formula is C15H13FN2O3. The Kier molecular flexibility index (Phi) is 4.27. The molecule has 0 bridgehead atoms. The second-order valence-corrected chi connectivity index (χ2v) is 4.53. The second kappa shape index (κ2) is 6.13. The molecule has 0 spiro atoms. The second-order valence-electron chi connectivity index (χ2n) is 4.53. The first-order chi connectivity index (χ1) is 9.99. The molecule has 2 rings (SSSR count). The number of rotatable bonds is 4. The molecule has 5 nitrogen and oxygen atoms in total. The van der Waals surface area contributed by atoms with Gasteiger partial charge in [0.25, 0.3) is 11.6 Å². The van der Waals surface area contributed by atoms with Gasteiger partial charge >= 0.3 is 0 Å². The van der Waals surface area contributed by atoms with Gasteiger partial charge in [-0.3, -0.25) is 14.9 Å². The predicted octanol–water partition coefficient (Wildman–Crippen LogP) is 2.97. The van der Waals surface area contributed by atoms with Crippen molar-refractivity contribution in [3.63, 3.8) is 0 Å². The summed E-state index contributed by atoms with van der Waals surface area (Å²) in [5.41, 5.74) is 1.04. The molecule has 21 heavy (non-hydrogen) atoms. The van der Waals surface area contributed by atoms with Crippen LogP contribution in [0.15, 0.2) is 42.5 Å². The molecular weight excluding hydrogens is 275 g/mol. The Balaban J connectivity index is 2.09. The molecule has 2 aromatic rings. The highest BCUT2D eigenvalue weighted by molar-refractivity contribution is 5.94. The fraction of sp³-hybridized carbons (Fsp3) is 0.133. The minimum absolute atomic E-state index is 0.0411. The number of hydrogen-bond donors (Lipinski definition) is 1. The third kappa shape index (κ3) is 3.42. The van der Waals surface area contributed by atoms with Gasteiger partial charge in [-0.25, -0.2) is 4.39 Å². The van der Waals surface area contributed by atoms with E-state index >= 15 is 0 Å². The summed E-state index contributed by atoms with van der Waals surface area (Å²) in [6.45, 7) is 1.62. The summed E-state index contributed by atoms with van der Waals surface area (Å²) in [4.78, 5) is 22.2. The quantitative estimate of drug-likeness (QED) is 0.694. The smallest absolute Gasteiger partial charge is 0.272 e. The van der Waals surface area contributed by atoms with E-state index in [1.165, 1.54) is 24.3 Å². The topological polar surface area (TPSA) is 72.2 Å². The van der Waals surface area contributed by atoms with Crippen molar-refractivity contribution < 1.29 is 14.1 Å². The van der Waals surface area contributed by atoms with Crippen molar-refractivity contribution in [1.29, 1.82) is 0 Å². The lowest BCUT2D eigenvalue weighted by atomic mass is 10.1. The molecule has 1 N–H and O–H groups in total. The number of amides is 1. The van der Waals surface area contributed by atoms with Crippen molar-refractivity contribution in [3.8, 4) is 0 Å². The average molecular weight is 288 g/mol. The zero-order valence-corrected chi connectivity index (χ0v) is 11.3. The summed E-state index contributed by atoms with van der Waals surface area (Å²) < 4.78 is 13.4. The Morgan fingerprint density at radius 2 is 2.00 bits per heavy atom. The van der Waals surface area contributed by atoms with Crippen LogP contribution in [0.4, 0.5) is 10.1 Å². The third-order valence-corrected chi connectivity index (χ3v) is 3.05. The number of nitrogens with one attached hydrogen (secondary N) is 1. The van der Waals surface area contributed by atoms with Gasteiger partial charge in [-0.2, -0.15) is 0 Å². The van der Waals surface area contributed by atoms with Crippen LogP contribution in [0.25, 0.3) is 0 Å². The number of carbonyl (C=O) groups excluding carboxylic acids is 1. The Bertz CT molecular complexity index is 701. The number of nitro benzene ring substituents is 1. The van der Waals surface area contributed by atoms with E-state index in [1.807, 2.05) is 0 Å². The van der Waals surface area contributed by atoms with E-state index in [0.717, 1.165) is 0 Å². The molecule has 0 heterocycles. The van der Waals surface area contributed by atoms with Gasteiger partial charge in [0.1, 0.15) is 5.82 Å². The zero-order chi connectivity index (χ0) is 15.4. The van der Waals surface area contributed by atoms with E-state index in [1.54, 1.807) is 25.1 Å². The molecule has 0 radical (unpaired) electrons. The lowest BCUT2D eigenvalue weighted by molar-refractivity contribution is -0.385. The molecule has 0 aromatic heterocycles. The summed E-state index contributed by atoms with van der Waals surface area (Å²) in [6.07, 6.45) is 0. The average Bonchev–Trinajstić information content (AvgIpc) is 2.45. The molecule has 6 heteroatoms. The number of carbonyl (C=O) groups is 1. The predicted molar refractivity (Wildman–Crippen MR) is 75.4 cm³/mol. The van der Waals surface area contributed by atoms with Crippen LogP contribution in [0.2, 0.25) is 0 Å². The Labute approximate surface area is 120 Å². The highest BCUT2D eigenvalue weighted by Crippen LogP contribution is 2.18. The van der Waals surface area contributed by atoms with E-state index in [2.05, 4.69) is 5.32 Å². The Morgan fingerprint density at radius 1 is 1.29 bits per heavy atom. The van der Waals surface area contributed by atoms with Crippen LogP contribution in [-0.4, -0.2) is 10.8 Å². The maximum atomic E-state index is 13.4. The number of hydrogen-bond acceptors (Lipinski definition) is 3. The summed E-state index contributed by atoms with van der Waals surface area (Å²) in [6, 6.07) is 10.2. The first-order valence-corrected chi connectivity index (χ1v) is 6.25. The maximum Gasteiger partial charge on any atom is 0.272 e. The highest BCUT2D eigenvalue weighted by atomic mass is 19.1. The van der Waals surface area contributed by atoms with Crippen LogP contribution in [0.5, 0.6) is 0 Å². The van der Waals surface area contributed by atoms with Crippen molar-refractivity contribution in [2.24, 2.45) is 0 Å². The number of nitrogens with zero attached hydrogens (tertiary/aromatic N) is 1. The SMILES string of the molecule is Cc1cc(C(=O)NCc2ccccc2F)ccc1[N+](=O)[O-]. The van der Waals surface area contributed by atoms with E-state index in [0.29, 0.717) is 16.7 Å². The van der Waals surface area contributed by atoms with Gasteiger partial charge in [0.2, 0.25) is 0 Å². The van der Waals surface area contributed by atoms with Crippen molar-refractivity contribution in [3.05, 3.63) is 75.1 Å². The fourth-order valence-corrected chi connectivity index (χ4v) is 1.92. The minimum atomic E-state index is -0.504. The van der Waals surface area contributed by atoms with E-state index < -0.39 is 16.6 Å². The van der Waals surface area contributed by atoms with Crippen molar-refractivity contribution in [2.75, 3.05) is 0 Å². The Hall–Kier alpha value is -2.76. The maximum absolute atomic E-state index is 13.4. The normalized spacial score (nSPS) is 10.2. The molecule has 0 aliphatic heterocycles. The fourth-order valence-electron chi connectivity index (χ4n) is 1.92. The van der Waals surface area contributed by atoms with Gasteiger partial charge in [0.15, 0.2) is 0 Å². The van der Waals surface area contributed by atoms with E-state index in [-0.39, 0.29) is 12.2 Å². The lowest BCUT2D eigenvalue weighted by Crippen LogP contribution is -2.23. The lowest BCUT2D eigenvalue weighted by Gasteiger charge is -2.07. The molecule has 0 aliphatic rings. The van der Waals surface area contributed by atoms with Crippen molar-refractivity contribution >= 4 is 11.6 Å². The number of aryl methyl sites for hydroxylation is 1. The molecule has 1 amide bonds. The molecule has 0 saturated carbocycles. The summed E-state index contributed by atoms with van der Waals surface area (Å²) in [5.74, 6) is -0.797. The van der Waals surface area contributed by atoms with Gasteiger partial charge in [0, 0.05) is 29.3 Å². The standard InChI is InChI=1S/C15H13FN2O3/c1-10-8-11(6-7-14(10)18(20)21)15(19)17-9-12-4-2-3-5-13(12)16/h2-8H,9H2,1H3,(H,17,19). The zero-order valence-electron chi connectivity index (χ0n) is 11.3. The van der Waals surface area contributed by atoms with Crippen LogP contribution < -0.4 is 5.32 Å². The third-order valence-electron chi connectivity index (χ3n) is 3.05. The Morgan fingerprint density at radius 3 is 2.62 bits per heavy atom. The number of halogens is 1. The monoisotopic (exact) mass is 288 g/mol. The highest BCUT2D eigenvalue weighted by Gasteiger charge is 2.13. The summed E-state index contributed by atoms with van der Waals surface area (Å²) in [7, 11) is 0. The van der Waals surface area contributed by atoms with Crippen LogP contribution in [0.3, 0.4) is 0 Å². The molecule has 0 saturated heterocycles. The van der Waals surface area contributed by atoms with Gasteiger partial charge in [-0.05, 0) is 25.1 Å². The van der Waals surface area contributed by atoms with Gasteiger partial charge in [-0.15, -0.1) is 0 Å². The number of benzene rings is 2. The van der Waals surface area contributed by atoms with Crippen LogP contribution >= 0.6 is 0 Å². The molecule has 0 unspecified atom stereocenters. The van der Waals surface area contributed by atoms with E-state index in [9.17, 15) is 19.3 Å². The van der Waals surface area contributed by atoms with Crippen LogP contribution in [-0.2, 0) is 6.54 Å². The molecule has 0 atom stereocenters. The molecule has 2 aromatic carbocycles. The van der Waals surface area contributed by atoms with Gasteiger partial charge in [-0.1, -0.05) is 18.2 Å². The molecule has 0 fully saturated rings. The summed E-state index contributed by atoms with van der Waals surface area (Å²) in [5, 5.41) is 13.3. The van der Waals surface area contributed by atoms with Crippen molar-refractivity contribution in [2.45, 2.75) is 13.5 Å². The van der Waals surface area contributed by atoms with Crippen LogP contribution in [0, 0.1) is 22.9 Å².